The quantitative estimate of drug-likeness (QED) is 0.735. The fourth-order valence-electron chi connectivity index (χ4n) is 1.35. The van der Waals surface area contributed by atoms with Gasteiger partial charge in [0.05, 0.1) is 6.54 Å². The SMILES string of the molecule is NC(=S)Nc1ccc(C2=NCCO2)cc1. The average molecular weight is 221 g/mol. The third kappa shape index (κ3) is 2.44. The van der Waals surface area contributed by atoms with Crippen molar-refractivity contribution >= 4 is 28.9 Å². The van der Waals surface area contributed by atoms with Crippen molar-refractivity contribution in [2.45, 2.75) is 0 Å². The maximum Gasteiger partial charge on any atom is 0.216 e. The van der Waals surface area contributed by atoms with Gasteiger partial charge in [0.1, 0.15) is 6.61 Å². The summed E-state index contributed by atoms with van der Waals surface area (Å²) in [6, 6.07) is 7.62. The number of hydrogen-bond acceptors (Lipinski definition) is 3. The molecule has 5 heteroatoms. The number of rotatable bonds is 2. The normalized spacial score (nSPS) is 14.3. The number of benzene rings is 1. The first-order valence-corrected chi connectivity index (χ1v) is 5.01. The molecule has 1 aliphatic rings. The van der Waals surface area contributed by atoms with Crippen LogP contribution in [-0.2, 0) is 4.74 Å². The van der Waals surface area contributed by atoms with Crippen LogP contribution in [0.3, 0.4) is 0 Å². The predicted octanol–water partition coefficient (Wildman–Crippen LogP) is 1.12. The minimum Gasteiger partial charge on any atom is -0.476 e. The van der Waals surface area contributed by atoms with Crippen molar-refractivity contribution in [2.24, 2.45) is 10.7 Å². The van der Waals surface area contributed by atoms with Gasteiger partial charge in [0.25, 0.3) is 0 Å². The molecule has 4 nitrogen and oxygen atoms in total. The molecular weight excluding hydrogens is 210 g/mol. The minimum absolute atomic E-state index is 0.261. The molecule has 78 valence electrons. The van der Waals surface area contributed by atoms with Crippen molar-refractivity contribution in [3.05, 3.63) is 29.8 Å². The van der Waals surface area contributed by atoms with E-state index >= 15 is 0 Å². The Labute approximate surface area is 93.1 Å². The van der Waals surface area contributed by atoms with Crippen LogP contribution in [-0.4, -0.2) is 24.2 Å². The molecule has 1 aliphatic heterocycles. The summed E-state index contributed by atoms with van der Waals surface area (Å²) < 4.78 is 5.34. The highest BCUT2D eigenvalue weighted by molar-refractivity contribution is 7.80. The van der Waals surface area contributed by atoms with E-state index in [-0.39, 0.29) is 5.11 Å². The standard InChI is InChI=1S/C10H11N3OS/c11-10(15)13-8-3-1-7(2-4-8)9-12-5-6-14-9/h1-4H,5-6H2,(H3,11,13,15). The number of aliphatic imine (C=N–C) groups is 1. The number of nitrogens with one attached hydrogen (secondary N) is 1. The molecule has 0 radical (unpaired) electrons. The lowest BCUT2D eigenvalue weighted by molar-refractivity contribution is 0.348. The first-order chi connectivity index (χ1) is 7.25. The Morgan fingerprint density at radius 3 is 2.67 bits per heavy atom. The van der Waals surface area contributed by atoms with Crippen LogP contribution in [0.25, 0.3) is 0 Å². The van der Waals surface area contributed by atoms with Gasteiger partial charge in [-0.15, -0.1) is 0 Å². The second-order valence-corrected chi connectivity index (χ2v) is 3.54. The topological polar surface area (TPSA) is 59.6 Å². The lowest BCUT2D eigenvalue weighted by Gasteiger charge is -2.05. The van der Waals surface area contributed by atoms with Gasteiger partial charge in [-0.2, -0.15) is 0 Å². The highest BCUT2D eigenvalue weighted by Crippen LogP contribution is 2.12. The summed E-state index contributed by atoms with van der Waals surface area (Å²) in [6.45, 7) is 1.41. The van der Waals surface area contributed by atoms with Gasteiger partial charge < -0.3 is 15.8 Å². The maximum absolute atomic E-state index is 5.36. The van der Waals surface area contributed by atoms with Gasteiger partial charge in [-0.25, -0.2) is 4.99 Å². The Hall–Kier alpha value is -1.62. The van der Waals surface area contributed by atoms with Gasteiger partial charge in [-0.1, -0.05) is 0 Å². The smallest absolute Gasteiger partial charge is 0.216 e. The summed E-state index contributed by atoms with van der Waals surface area (Å²) in [6.07, 6.45) is 0. The van der Waals surface area contributed by atoms with Gasteiger partial charge >= 0.3 is 0 Å². The summed E-state index contributed by atoms with van der Waals surface area (Å²) in [4.78, 5) is 4.22. The van der Waals surface area contributed by atoms with Gasteiger partial charge in [0.2, 0.25) is 5.90 Å². The first kappa shape index (κ1) is 9.92. The molecule has 1 aromatic rings. The van der Waals surface area contributed by atoms with Crippen molar-refractivity contribution in [1.82, 2.24) is 0 Å². The summed E-state index contributed by atoms with van der Waals surface area (Å²) >= 11 is 4.74. The highest BCUT2D eigenvalue weighted by Gasteiger charge is 2.09. The van der Waals surface area contributed by atoms with Gasteiger partial charge in [0.15, 0.2) is 5.11 Å². The summed E-state index contributed by atoms with van der Waals surface area (Å²) in [7, 11) is 0. The molecule has 0 atom stereocenters. The zero-order chi connectivity index (χ0) is 10.7. The van der Waals surface area contributed by atoms with Crippen LogP contribution in [0.15, 0.2) is 29.3 Å². The Morgan fingerprint density at radius 1 is 1.40 bits per heavy atom. The third-order valence-corrected chi connectivity index (χ3v) is 2.09. The van der Waals surface area contributed by atoms with Crippen LogP contribution in [0.2, 0.25) is 0 Å². The van der Waals surface area contributed by atoms with Gasteiger partial charge in [0, 0.05) is 11.3 Å². The zero-order valence-corrected chi connectivity index (χ0v) is 8.88. The van der Waals surface area contributed by atoms with E-state index in [1.165, 1.54) is 0 Å². The number of nitrogens with zero attached hydrogens (tertiary/aromatic N) is 1. The van der Waals surface area contributed by atoms with Crippen LogP contribution in [0.1, 0.15) is 5.56 Å². The van der Waals surface area contributed by atoms with Gasteiger partial charge in [-0.3, -0.25) is 0 Å². The number of ether oxygens (including phenoxy) is 1. The molecule has 0 aromatic heterocycles. The molecule has 0 bridgehead atoms. The van der Waals surface area contributed by atoms with Crippen LogP contribution in [0.5, 0.6) is 0 Å². The molecule has 3 N–H and O–H groups in total. The second-order valence-electron chi connectivity index (χ2n) is 3.10. The van der Waals surface area contributed by atoms with E-state index in [1.54, 1.807) is 0 Å². The second kappa shape index (κ2) is 4.27. The monoisotopic (exact) mass is 221 g/mol. The van der Waals surface area contributed by atoms with Crippen LogP contribution in [0.4, 0.5) is 5.69 Å². The number of anilines is 1. The van der Waals surface area contributed by atoms with E-state index < -0.39 is 0 Å². The van der Waals surface area contributed by atoms with E-state index in [0.717, 1.165) is 17.8 Å². The Kier molecular flexibility index (Phi) is 2.82. The largest absolute Gasteiger partial charge is 0.476 e. The van der Waals surface area contributed by atoms with Crippen molar-refractivity contribution in [2.75, 3.05) is 18.5 Å². The first-order valence-electron chi connectivity index (χ1n) is 4.60. The molecule has 0 spiro atoms. The molecule has 2 rings (SSSR count). The Balaban J connectivity index is 2.13. The van der Waals surface area contributed by atoms with Crippen molar-refractivity contribution in [3.8, 4) is 0 Å². The van der Waals surface area contributed by atoms with E-state index in [0.29, 0.717) is 12.5 Å². The minimum atomic E-state index is 0.261. The van der Waals surface area contributed by atoms with Crippen molar-refractivity contribution in [3.63, 3.8) is 0 Å². The van der Waals surface area contributed by atoms with E-state index in [9.17, 15) is 0 Å². The average Bonchev–Trinajstić information content (AvgIpc) is 2.71. The van der Waals surface area contributed by atoms with E-state index in [1.807, 2.05) is 24.3 Å². The fraction of sp³-hybridized carbons (Fsp3) is 0.200. The van der Waals surface area contributed by atoms with Crippen LogP contribution >= 0.6 is 12.2 Å². The Bertz CT molecular complexity index is 400. The molecule has 0 amide bonds. The number of hydrogen-bond donors (Lipinski definition) is 2. The fourth-order valence-corrected chi connectivity index (χ4v) is 1.47. The van der Waals surface area contributed by atoms with E-state index in [4.69, 9.17) is 22.7 Å². The Morgan fingerprint density at radius 2 is 2.13 bits per heavy atom. The van der Waals surface area contributed by atoms with Gasteiger partial charge in [-0.05, 0) is 36.5 Å². The zero-order valence-electron chi connectivity index (χ0n) is 8.06. The maximum atomic E-state index is 5.36. The molecule has 1 aromatic carbocycles. The molecule has 0 aliphatic carbocycles. The molecule has 1 heterocycles. The van der Waals surface area contributed by atoms with Crippen molar-refractivity contribution < 1.29 is 4.74 Å². The molecule has 0 saturated carbocycles. The van der Waals surface area contributed by atoms with Crippen molar-refractivity contribution in [1.29, 1.82) is 0 Å². The summed E-state index contributed by atoms with van der Waals surface area (Å²) in [5, 5.41) is 3.11. The number of thiocarbonyl (C=S) groups is 1. The molecule has 15 heavy (non-hydrogen) atoms. The molecule has 0 fully saturated rings. The van der Waals surface area contributed by atoms with E-state index in [2.05, 4.69) is 10.3 Å². The lowest BCUT2D eigenvalue weighted by atomic mass is 10.2. The van der Waals surface area contributed by atoms with Crippen LogP contribution < -0.4 is 11.1 Å². The molecule has 0 saturated heterocycles. The third-order valence-electron chi connectivity index (χ3n) is 1.98. The molecule has 0 unspecified atom stereocenters. The summed E-state index contributed by atoms with van der Waals surface area (Å²) in [5.74, 6) is 0.705. The van der Waals surface area contributed by atoms with Crippen LogP contribution in [0, 0.1) is 0 Å². The summed E-state index contributed by atoms with van der Waals surface area (Å²) in [5.41, 5.74) is 7.20. The predicted molar refractivity (Wildman–Crippen MR) is 64.2 cm³/mol. The number of nitrogens with two attached hydrogens (primary N) is 1. The highest BCUT2D eigenvalue weighted by atomic mass is 32.1. The molecular formula is C10H11N3OS. The lowest BCUT2D eigenvalue weighted by Crippen LogP contribution is -2.18.